The molecule has 0 spiro atoms. The van der Waals surface area contributed by atoms with Crippen molar-refractivity contribution in [2.45, 2.75) is 6.04 Å². The summed E-state index contributed by atoms with van der Waals surface area (Å²) in [5, 5.41) is 12.3. The Morgan fingerprint density at radius 1 is 1.25 bits per heavy atom. The smallest absolute Gasteiger partial charge is 0.272 e. The van der Waals surface area contributed by atoms with E-state index in [1.807, 2.05) is 25.5 Å². The van der Waals surface area contributed by atoms with E-state index in [4.69, 9.17) is 0 Å². The molecule has 0 bridgehead atoms. The number of benzene rings is 1. The van der Waals surface area contributed by atoms with Crippen LogP contribution in [0.1, 0.15) is 21.4 Å². The maximum absolute atomic E-state index is 12.6. The second kappa shape index (κ2) is 6.94. The number of carbonyl (C=O) groups is 1. The molecular formula is C17H18N4O2S. The SMILES string of the molecule is CN(C)[C@@H](CNC(=O)c1n[nH]c(=O)c2ccccc12)c1cccs1. The monoisotopic (exact) mass is 342 g/mol. The van der Waals surface area contributed by atoms with Crippen LogP contribution in [-0.2, 0) is 0 Å². The highest BCUT2D eigenvalue weighted by molar-refractivity contribution is 7.10. The highest BCUT2D eigenvalue weighted by Crippen LogP contribution is 2.22. The number of H-pyrrole nitrogens is 1. The number of carbonyl (C=O) groups excluding carboxylic acids is 1. The summed E-state index contributed by atoms with van der Waals surface area (Å²) in [5.41, 5.74) is -0.0687. The lowest BCUT2D eigenvalue weighted by Crippen LogP contribution is -2.35. The van der Waals surface area contributed by atoms with Crippen LogP contribution in [0.3, 0.4) is 0 Å². The van der Waals surface area contributed by atoms with Gasteiger partial charge < -0.3 is 10.2 Å². The number of aromatic amines is 1. The molecule has 0 saturated heterocycles. The van der Waals surface area contributed by atoms with Gasteiger partial charge in [0.2, 0.25) is 0 Å². The molecule has 2 N–H and O–H groups in total. The molecule has 3 rings (SSSR count). The molecule has 2 heterocycles. The average molecular weight is 342 g/mol. The number of aromatic nitrogens is 2. The second-order valence-electron chi connectivity index (χ2n) is 5.65. The maximum atomic E-state index is 12.6. The van der Waals surface area contributed by atoms with Crippen LogP contribution in [0.4, 0.5) is 0 Å². The number of nitrogens with one attached hydrogen (secondary N) is 2. The van der Waals surface area contributed by atoms with Gasteiger partial charge in [-0.3, -0.25) is 9.59 Å². The largest absolute Gasteiger partial charge is 0.349 e. The Hall–Kier alpha value is -2.51. The summed E-state index contributed by atoms with van der Waals surface area (Å²) in [4.78, 5) is 27.6. The summed E-state index contributed by atoms with van der Waals surface area (Å²) in [6, 6.07) is 11.1. The number of fused-ring (bicyclic) bond motifs is 1. The summed E-state index contributed by atoms with van der Waals surface area (Å²) in [6.07, 6.45) is 0. The number of hydrogen-bond acceptors (Lipinski definition) is 5. The van der Waals surface area contributed by atoms with Gasteiger partial charge in [-0.05, 0) is 31.6 Å². The van der Waals surface area contributed by atoms with E-state index in [1.54, 1.807) is 35.6 Å². The van der Waals surface area contributed by atoms with E-state index in [2.05, 4.69) is 26.5 Å². The zero-order valence-electron chi connectivity index (χ0n) is 13.4. The Balaban J connectivity index is 1.83. The number of rotatable bonds is 5. The Bertz CT molecular complexity index is 902. The first kappa shape index (κ1) is 16.4. The van der Waals surface area contributed by atoms with Crippen LogP contribution in [0.5, 0.6) is 0 Å². The molecule has 0 fully saturated rings. The Labute approximate surface area is 143 Å². The van der Waals surface area contributed by atoms with Gasteiger partial charge in [0.25, 0.3) is 11.5 Å². The molecule has 24 heavy (non-hydrogen) atoms. The summed E-state index contributed by atoms with van der Waals surface area (Å²) in [7, 11) is 3.95. The fourth-order valence-corrected chi connectivity index (χ4v) is 3.50. The summed E-state index contributed by atoms with van der Waals surface area (Å²) in [6.45, 7) is 0.460. The third-order valence-electron chi connectivity index (χ3n) is 3.86. The van der Waals surface area contributed by atoms with Crippen molar-refractivity contribution in [2.24, 2.45) is 0 Å². The summed E-state index contributed by atoms with van der Waals surface area (Å²) in [5.74, 6) is -0.300. The minimum atomic E-state index is -0.300. The molecule has 0 saturated carbocycles. The van der Waals surface area contributed by atoms with Crippen LogP contribution < -0.4 is 10.9 Å². The number of hydrogen-bond donors (Lipinski definition) is 2. The van der Waals surface area contributed by atoms with E-state index in [0.29, 0.717) is 17.3 Å². The highest BCUT2D eigenvalue weighted by atomic mass is 32.1. The number of nitrogens with zero attached hydrogens (tertiary/aromatic N) is 2. The first-order chi connectivity index (χ1) is 11.6. The van der Waals surface area contributed by atoms with E-state index in [9.17, 15) is 9.59 Å². The van der Waals surface area contributed by atoms with Crippen molar-refractivity contribution < 1.29 is 4.79 Å². The predicted molar refractivity (Wildman–Crippen MR) is 95.4 cm³/mol. The Kier molecular flexibility index (Phi) is 4.73. The molecule has 1 amide bonds. The highest BCUT2D eigenvalue weighted by Gasteiger charge is 2.19. The van der Waals surface area contributed by atoms with E-state index in [0.717, 1.165) is 0 Å². The van der Waals surface area contributed by atoms with Crippen LogP contribution in [0.25, 0.3) is 10.8 Å². The predicted octanol–water partition coefficient (Wildman–Crippen LogP) is 2.02. The quantitative estimate of drug-likeness (QED) is 0.743. The standard InChI is InChI=1S/C17H18N4O2S/c1-21(2)13(14-8-5-9-24-14)10-18-17(23)15-11-6-3-4-7-12(11)16(22)20-19-15/h3-9,13H,10H2,1-2H3,(H,18,23)(H,20,22)/t13-/m0/s1. The lowest BCUT2D eigenvalue weighted by molar-refractivity contribution is 0.0938. The average Bonchev–Trinajstić information content (AvgIpc) is 3.09. The topological polar surface area (TPSA) is 78.1 Å². The fraction of sp³-hybridized carbons (Fsp3) is 0.235. The van der Waals surface area contributed by atoms with E-state index in [-0.39, 0.29) is 23.2 Å². The van der Waals surface area contributed by atoms with Crippen LogP contribution >= 0.6 is 11.3 Å². The van der Waals surface area contributed by atoms with Gasteiger partial charge in [0.15, 0.2) is 5.69 Å². The third kappa shape index (κ3) is 3.22. The molecule has 0 aliphatic rings. The van der Waals surface area contributed by atoms with E-state index in [1.165, 1.54) is 4.88 Å². The van der Waals surface area contributed by atoms with Gasteiger partial charge in [0.1, 0.15) is 0 Å². The number of thiophene rings is 1. The zero-order valence-corrected chi connectivity index (χ0v) is 14.3. The Morgan fingerprint density at radius 3 is 2.67 bits per heavy atom. The molecule has 3 aromatic rings. The second-order valence-corrected chi connectivity index (χ2v) is 6.63. The van der Waals surface area contributed by atoms with E-state index < -0.39 is 0 Å². The van der Waals surface area contributed by atoms with Gasteiger partial charge in [0, 0.05) is 16.8 Å². The van der Waals surface area contributed by atoms with Gasteiger partial charge in [-0.2, -0.15) is 5.10 Å². The van der Waals surface area contributed by atoms with Gasteiger partial charge in [-0.1, -0.05) is 24.3 Å². The summed E-state index contributed by atoms with van der Waals surface area (Å²) < 4.78 is 0. The van der Waals surface area contributed by atoms with Gasteiger partial charge >= 0.3 is 0 Å². The minimum absolute atomic E-state index is 0.0861. The van der Waals surface area contributed by atoms with Gasteiger partial charge in [0.05, 0.1) is 11.4 Å². The fourth-order valence-electron chi connectivity index (χ4n) is 2.58. The minimum Gasteiger partial charge on any atom is -0.349 e. The number of likely N-dealkylation sites (N-methyl/N-ethyl adjacent to an activating group) is 1. The molecule has 2 aromatic heterocycles. The normalized spacial score (nSPS) is 12.5. The van der Waals surface area contributed by atoms with Gasteiger partial charge in [-0.15, -0.1) is 11.3 Å². The molecule has 124 valence electrons. The molecule has 7 heteroatoms. The first-order valence-electron chi connectivity index (χ1n) is 7.53. The molecule has 6 nitrogen and oxygen atoms in total. The van der Waals surface area contributed by atoms with Crippen molar-refractivity contribution in [2.75, 3.05) is 20.6 Å². The Morgan fingerprint density at radius 2 is 2.00 bits per heavy atom. The summed E-state index contributed by atoms with van der Waals surface area (Å²) >= 11 is 1.66. The first-order valence-corrected chi connectivity index (χ1v) is 8.41. The maximum Gasteiger partial charge on any atom is 0.272 e. The van der Waals surface area contributed by atoms with Crippen molar-refractivity contribution in [3.05, 3.63) is 62.7 Å². The molecule has 0 unspecified atom stereocenters. The molecular weight excluding hydrogens is 324 g/mol. The third-order valence-corrected chi connectivity index (χ3v) is 4.84. The molecule has 0 aliphatic heterocycles. The van der Waals surface area contributed by atoms with Crippen LogP contribution in [0, 0.1) is 0 Å². The zero-order chi connectivity index (χ0) is 17.1. The molecule has 1 aromatic carbocycles. The van der Waals surface area contributed by atoms with Crippen LogP contribution in [-0.4, -0.2) is 41.6 Å². The molecule has 1 atom stereocenters. The van der Waals surface area contributed by atoms with E-state index >= 15 is 0 Å². The van der Waals surface area contributed by atoms with Gasteiger partial charge in [-0.25, -0.2) is 5.10 Å². The van der Waals surface area contributed by atoms with Crippen molar-refractivity contribution in [1.29, 1.82) is 0 Å². The van der Waals surface area contributed by atoms with Crippen molar-refractivity contribution in [1.82, 2.24) is 20.4 Å². The van der Waals surface area contributed by atoms with Crippen LogP contribution in [0.2, 0.25) is 0 Å². The lowest BCUT2D eigenvalue weighted by atomic mass is 10.1. The van der Waals surface area contributed by atoms with Crippen molar-refractivity contribution in [3.8, 4) is 0 Å². The van der Waals surface area contributed by atoms with Crippen molar-refractivity contribution in [3.63, 3.8) is 0 Å². The lowest BCUT2D eigenvalue weighted by Gasteiger charge is -2.23. The molecule has 0 radical (unpaired) electrons. The molecule has 0 aliphatic carbocycles. The van der Waals surface area contributed by atoms with Crippen molar-refractivity contribution >= 4 is 28.0 Å². The number of amides is 1. The van der Waals surface area contributed by atoms with Crippen LogP contribution in [0.15, 0.2) is 46.6 Å².